The quantitative estimate of drug-likeness (QED) is 0.631. The molecule has 0 spiro atoms. The summed E-state index contributed by atoms with van der Waals surface area (Å²) >= 11 is 0. The molecule has 0 radical (unpaired) electrons. The third-order valence-electron chi connectivity index (χ3n) is 3.16. The van der Waals surface area contributed by atoms with Crippen LogP contribution in [0.1, 0.15) is 11.1 Å². The lowest BCUT2D eigenvalue weighted by Gasteiger charge is -2.14. The van der Waals surface area contributed by atoms with Gasteiger partial charge in [-0.05, 0) is 18.2 Å². The number of hydrogen-bond donors (Lipinski definition) is 3. The van der Waals surface area contributed by atoms with E-state index in [-0.39, 0.29) is 11.8 Å². The second kappa shape index (κ2) is 5.87. The van der Waals surface area contributed by atoms with E-state index >= 15 is 0 Å². The van der Waals surface area contributed by atoms with Gasteiger partial charge in [-0.3, -0.25) is 0 Å². The maximum atomic E-state index is 13.1. The number of phenolic OH excluding ortho intramolecular Hbond substituents is 1. The van der Waals surface area contributed by atoms with Crippen LogP contribution in [0, 0.1) is 5.82 Å². The van der Waals surface area contributed by atoms with Crippen molar-refractivity contribution in [1.82, 2.24) is 15.2 Å². The summed E-state index contributed by atoms with van der Waals surface area (Å²) in [5.41, 5.74) is -1.77. The van der Waals surface area contributed by atoms with E-state index in [0.717, 1.165) is 0 Å². The molecule has 0 unspecified atom stereocenters. The Balaban J connectivity index is 1.82. The Morgan fingerprint density at radius 2 is 2.08 bits per heavy atom. The summed E-state index contributed by atoms with van der Waals surface area (Å²) in [5.74, 6) is -1.33. The second-order valence-electron chi connectivity index (χ2n) is 4.79. The molecule has 0 bridgehead atoms. The molecule has 0 amide bonds. The van der Waals surface area contributed by atoms with Crippen LogP contribution in [0.25, 0.3) is 11.6 Å². The van der Waals surface area contributed by atoms with Crippen molar-refractivity contribution >= 4 is 5.95 Å². The summed E-state index contributed by atoms with van der Waals surface area (Å²) in [5, 5.41) is 18.5. The first kappa shape index (κ1) is 15.8. The predicted molar refractivity (Wildman–Crippen MR) is 74.5 cm³/mol. The minimum absolute atomic E-state index is 0.0678. The number of hydrogen-bond acceptors (Lipinski definition) is 5. The van der Waals surface area contributed by atoms with Gasteiger partial charge >= 0.3 is 6.18 Å². The Kier molecular flexibility index (Phi) is 3.87. The van der Waals surface area contributed by atoms with E-state index in [1.807, 2.05) is 0 Å². The third-order valence-corrected chi connectivity index (χ3v) is 3.16. The van der Waals surface area contributed by atoms with Gasteiger partial charge in [0.1, 0.15) is 11.6 Å². The summed E-state index contributed by atoms with van der Waals surface area (Å²) in [6, 6.07) is 4.18. The standard InChI is InChI=1S/C14H10F4N4O2/c15-7-4-9(14(16,17)18)8(10(23)5-7)6-19-13-20-12(21-22-13)11-2-1-3-24-11/h1-5,23H,6H2,(H2,19,20,21,22). The van der Waals surface area contributed by atoms with Crippen LogP contribution >= 0.6 is 0 Å². The predicted octanol–water partition coefficient (Wildman–Crippen LogP) is 3.54. The molecular weight excluding hydrogens is 332 g/mol. The zero-order valence-corrected chi connectivity index (χ0v) is 11.9. The highest BCUT2D eigenvalue weighted by Crippen LogP contribution is 2.36. The van der Waals surface area contributed by atoms with Crippen LogP contribution in [0.4, 0.5) is 23.5 Å². The van der Waals surface area contributed by atoms with Gasteiger partial charge in [-0.1, -0.05) is 0 Å². The molecule has 0 atom stereocenters. The van der Waals surface area contributed by atoms with Crippen LogP contribution in [0.15, 0.2) is 34.9 Å². The van der Waals surface area contributed by atoms with Crippen molar-refractivity contribution in [3.8, 4) is 17.3 Å². The Morgan fingerprint density at radius 1 is 1.29 bits per heavy atom. The number of aromatic hydroxyl groups is 1. The molecule has 24 heavy (non-hydrogen) atoms. The molecule has 0 aliphatic heterocycles. The number of nitrogens with one attached hydrogen (secondary N) is 2. The molecule has 126 valence electrons. The van der Waals surface area contributed by atoms with Gasteiger partial charge in [-0.2, -0.15) is 18.2 Å². The van der Waals surface area contributed by atoms with Crippen LogP contribution in [0.2, 0.25) is 0 Å². The number of H-pyrrole nitrogens is 1. The zero-order chi connectivity index (χ0) is 17.3. The molecule has 6 nitrogen and oxygen atoms in total. The minimum Gasteiger partial charge on any atom is -0.507 e. The Labute approximate surface area is 132 Å². The van der Waals surface area contributed by atoms with Crippen molar-refractivity contribution in [1.29, 1.82) is 0 Å². The van der Waals surface area contributed by atoms with E-state index in [0.29, 0.717) is 17.9 Å². The highest BCUT2D eigenvalue weighted by Gasteiger charge is 2.35. The minimum atomic E-state index is -4.81. The van der Waals surface area contributed by atoms with Crippen LogP contribution in [-0.2, 0) is 12.7 Å². The average molecular weight is 342 g/mol. The first-order valence-electron chi connectivity index (χ1n) is 6.63. The van der Waals surface area contributed by atoms with Crippen molar-refractivity contribution in [3.63, 3.8) is 0 Å². The maximum Gasteiger partial charge on any atom is 0.416 e. The van der Waals surface area contributed by atoms with Gasteiger partial charge in [0.25, 0.3) is 0 Å². The first-order valence-corrected chi connectivity index (χ1v) is 6.63. The summed E-state index contributed by atoms with van der Waals surface area (Å²) in [4.78, 5) is 4.00. The highest BCUT2D eigenvalue weighted by atomic mass is 19.4. The number of halogens is 4. The molecule has 3 rings (SSSR count). The molecule has 1 aromatic carbocycles. The molecule has 0 aliphatic carbocycles. The highest BCUT2D eigenvalue weighted by molar-refractivity contribution is 5.49. The molecule has 2 heterocycles. The lowest BCUT2D eigenvalue weighted by atomic mass is 10.1. The van der Waals surface area contributed by atoms with E-state index in [1.54, 1.807) is 12.1 Å². The van der Waals surface area contributed by atoms with Gasteiger partial charge in [0, 0.05) is 18.2 Å². The van der Waals surface area contributed by atoms with Gasteiger partial charge in [-0.15, -0.1) is 5.10 Å². The fraction of sp³-hybridized carbons (Fsp3) is 0.143. The van der Waals surface area contributed by atoms with E-state index in [9.17, 15) is 22.7 Å². The van der Waals surface area contributed by atoms with Crippen LogP contribution < -0.4 is 5.32 Å². The number of alkyl halides is 3. The van der Waals surface area contributed by atoms with Crippen molar-refractivity contribution in [2.45, 2.75) is 12.7 Å². The molecule has 0 saturated heterocycles. The molecule has 2 aromatic heterocycles. The van der Waals surface area contributed by atoms with Crippen molar-refractivity contribution in [2.24, 2.45) is 0 Å². The molecule has 0 saturated carbocycles. The van der Waals surface area contributed by atoms with Gasteiger partial charge in [0.15, 0.2) is 5.76 Å². The largest absolute Gasteiger partial charge is 0.507 e. The lowest BCUT2D eigenvalue weighted by Crippen LogP contribution is -2.13. The summed E-state index contributed by atoms with van der Waals surface area (Å²) in [6.07, 6.45) is -3.39. The maximum absolute atomic E-state index is 13.1. The molecule has 0 fully saturated rings. The van der Waals surface area contributed by atoms with Crippen LogP contribution in [0.3, 0.4) is 0 Å². The van der Waals surface area contributed by atoms with Crippen molar-refractivity contribution < 1.29 is 27.1 Å². The van der Waals surface area contributed by atoms with E-state index in [1.165, 1.54) is 6.26 Å². The van der Waals surface area contributed by atoms with E-state index < -0.39 is 35.4 Å². The number of furan rings is 1. The molecule has 3 aromatic rings. The van der Waals surface area contributed by atoms with Crippen molar-refractivity contribution in [3.05, 3.63) is 47.5 Å². The lowest BCUT2D eigenvalue weighted by molar-refractivity contribution is -0.138. The SMILES string of the molecule is Oc1cc(F)cc(C(F)(F)F)c1CNc1nc(-c2ccco2)n[nH]1. The Morgan fingerprint density at radius 3 is 2.75 bits per heavy atom. The topological polar surface area (TPSA) is 87.0 Å². The fourth-order valence-electron chi connectivity index (χ4n) is 2.09. The number of anilines is 1. The smallest absolute Gasteiger partial charge is 0.416 e. The average Bonchev–Trinajstić information content (AvgIpc) is 3.15. The van der Waals surface area contributed by atoms with E-state index in [4.69, 9.17) is 4.42 Å². The summed E-state index contributed by atoms with van der Waals surface area (Å²) in [6.45, 7) is -0.437. The number of rotatable bonds is 4. The third kappa shape index (κ3) is 3.16. The Hall–Kier alpha value is -3.04. The second-order valence-corrected chi connectivity index (χ2v) is 4.79. The number of phenols is 1. The van der Waals surface area contributed by atoms with Gasteiger partial charge in [0.05, 0.1) is 11.8 Å². The molecule has 0 aliphatic rings. The van der Waals surface area contributed by atoms with Crippen LogP contribution in [0.5, 0.6) is 5.75 Å². The summed E-state index contributed by atoms with van der Waals surface area (Å²) < 4.78 is 57.1. The number of benzene rings is 1. The molecule has 10 heteroatoms. The van der Waals surface area contributed by atoms with Gasteiger partial charge < -0.3 is 14.8 Å². The first-order chi connectivity index (χ1) is 11.3. The zero-order valence-electron chi connectivity index (χ0n) is 11.9. The number of aromatic amines is 1. The normalized spacial score (nSPS) is 11.7. The van der Waals surface area contributed by atoms with Crippen LogP contribution in [-0.4, -0.2) is 20.3 Å². The fourth-order valence-corrected chi connectivity index (χ4v) is 2.09. The Bertz CT molecular complexity index is 843. The van der Waals surface area contributed by atoms with Gasteiger partial charge in [0.2, 0.25) is 11.8 Å². The monoisotopic (exact) mass is 342 g/mol. The van der Waals surface area contributed by atoms with E-state index in [2.05, 4.69) is 20.5 Å². The number of nitrogens with zero attached hydrogens (tertiary/aromatic N) is 2. The van der Waals surface area contributed by atoms with Gasteiger partial charge in [-0.25, -0.2) is 9.49 Å². The number of aromatic nitrogens is 3. The molecular formula is C14H10F4N4O2. The molecule has 3 N–H and O–H groups in total. The summed E-state index contributed by atoms with van der Waals surface area (Å²) in [7, 11) is 0. The van der Waals surface area contributed by atoms with Crippen molar-refractivity contribution in [2.75, 3.05) is 5.32 Å².